The second-order valence-electron chi connectivity index (χ2n) is 7.55. The molecule has 4 heteroatoms. The second-order valence-corrected chi connectivity index (χ2v) is 7.55. The van der Waals surface area contributed by atoms with E-state index in [2.05, 4.69) is 15.5 Å². The number of carbonyl (C=O) groups is 1. The van der Waals surface area contributed by atoms with Gasteiger partial charge in [0.1, 0.15) is 0 Å². The molecule has 0 radical (unpaired) electrons. The first-order valence-corrected chi connectivity index (χ1v) is 9.10. The molecule has 0 spiro atoms. The highest BCUT2D eigenvalue weighted by Crippen LogP contribution is 2.41. The van der Waals surface area contributed by atoms with Crippen molar-refractivity contribution < 1.29 is 4.79 Å². The zero-order chi connectivity index (χ0) is 15.8. The van der Waals surface area contributed by atoms with Gasteiger partial charge >= 0.3 is 6.03 Å². The molecule has 1 aromatic rings. The summed E-state index contributed by atoms with van der Waals surface area (Å²) in [5.74, 6) is 0. The molecule has 4 rings (SSSR count). The van der Waals surface area contributed by atoms with Crippen LogP contribution in [0.2, 0.25) is 0 Å². The molecule has 0 unspecified atom stereocenters. The molecule has 1 aromatic carbocycles. The molecule has 4 nitrogen and oxygen atoms in total. The number of hydrogen-bond acceptors (Lipinski definition) is 2. The summed E-state index contributed by atoms with van der Waals surface area (Å²) in [5, 5.41) is 6.20. The number of amides is 2. The van der Waals surface area contributed by atoms with Crippen molar-refractivity contribution in [2.75, 3.05) is 5.32 Å². The van der Waals surface area contributed by atoms with E-state index in [-0.39, 0.29) is 6.03 Å². The van der Waals surface area contributed by atoms with Crippen LogP contribution in [0, 0.1) is 6.92 Å². The maximum Gasteiger partial charge on any atom is 0.319 e. The molecular weight excluding hydrogens is 286 g/mol. The number of piperidine rings is 2. The van der Waals surface area contributed by atoms with Gasteiger partial charge in [-0.05, 0) is 63.1 Å². The highest BCUT2D eigenvalue weighted by Gasteiger charge is 2.45. The standard InChI is InChI=1S/C19H27N3O/c1-13-4-2-5-14(10-13)20-19(23)21-15-11-17-6-3-7-18(12-15)22(17)16-8-9-16/h2,4-5,10,15-18H,3,6-9,11-12H2,1H3,(H2,20,21,23)/t17-,18-/m1/s1. The van der Waals surface area contributed by atoms with Gasteiger partial charge in [0.2, 0.25) is 0 Å². The van der Waals surface area contributed by atoms with Crippen molar-refractivity contribution in [1.29, 1.82) is 0 Å². The number of carbonyl (C=O) groups excluding carboxylic acids is 1. The fourth-order valence-electron chi connectivity index (χ4n) is 4.58. The lowest BCUT2D eigenvalue weighted by atomic mass is 9.81. The van der Waals surface area contributed by atoms with Crippen LogP contribution in [0.25, 0.3) is 0 Å². The van der Waals surface area contributed by atoms with Gasteiger partial charge in [-0.15, -0.1) is 0 Å². The number of anilines is 1. The maximum atomic E-state index is 12.3. The van der Waals surface area contributed by atoms with E-state index in [0.717, 1.165) is 30.1 Å². The molecule has 2 atom stereocenters. The number of urea groups is 1. The summed E-state index contributed by atoms with van der Waals surface area (Å²) in [7, 11) is 0. The van der Waals surface area contributed by atoms with Gasteiger partial charge in [-0.25, -0.2) is 4.79 Å². The zero-order valence-corrected chi connectivity index (χ0v) is 13.9. The molecule has 3 aliphatic rings. The molecule has 2 amide bonds. The number of aryl methyl sites for hydroxylation is 1. The Morgan fingerprint density at radius 3 is 2.48 bits per heavy atom. The van der Waals surface area contributed by atoms with Crippen molar-refractivity contribution in [3.05, 3.63) is 29.8 Å². The largest absolute Gasteiger partial charge is 0.335 e. The molecule has 1 saturated carbocycles. The van der Waals surface area contributed by atoms with Crippen LogP contribution in [0.15, 0.2) is 24.3 Å². The monoisotopic (exact) mass is 313 g/mol. The number of rotatable bonds is 3. The quantitative estimate of drug-likeness (QED) is 0.894. The van der Waals surface area contributed by atoms with Gasteiger partial charge in [0.15, 0.2) is 0 Å². The topological polar surface area (TPSA) is 44.4 Å². The molecule has 2 saturated heterocycles. The second kappa shape index (κ2) is 6.16. The summed E-state index contributed by atoms with van der Waals surface area (Å²) in [6.07, 6.45) is 9.00. The third-order valence-electron chi connectivity index (χ3n) is 5.61. The van der Waals surface area contributed by atoms with E-state index in [9.17, 15) is 4.79 Å². The summed E-state index contributed by atoms with van der Waals surface area (Å²) < 4.78 is 0. The maximum absolute atomic E-state index is 12.3. The van der Waals surface area contributed by atoms with Crippen LogP contribution >= 0.6 is 0 Å². The number of hydrogen-bond donors (Lipinski definition) is 2. The molecule has 124 valence electrons. The molecule has 2 heterocycles. The minimum Gasteiger partial charge on any atom is -0.335 e. The van der Waals surface area contributed by atoms with Crippen LogP contribution < -0.4 is 10.6 Å². The van der Waals surface area contributed by atoms with Crippen LogP contribution in [0.4, 0.5) is 10.5 Å². The summed E-state index contributed by atoms with van der Waals surface area (Å²) >= 11 is 0. The van der Waals surface area contributed by atoms with E-state index in [1.165, 1.54) is 32.1 Å². The van der Waals surface area contributed by atoms with Crippen molar-refractivity contribution in [3.8, 4) is 0 Å². The van der Waals surface area contributed by atoms with E-state index >= 15 is 0 Å². The number of nitrogens with one attached hydrogen (secondary N) is 2. The minimum atomic E-state index is -0.0569. The Kier molecular flexibility index (Phi) is 4.02. The Bertz CT molecular complexity index is 570. The first-order chi connectivity index (χ1) is 11.2. The van der Waals surface area contributed by atoms with Crippen LogP contribution in [-0.4, -0.2) is 35.1 Å². The Hall–Kier alpha value is -1.55. The highest BCUT2D eigenvalue weighted by molar-refractivity contribution is 5.89. The zero-order valence-electron chi connectivity index (χ0n) is 13.9. The van der Waals surface area contributed by atoms with Gasteiger partial charge in [0.25, 0.3) is 0 Å². The molecule has 2 aliphatic heterocycles. The van der Waals surface area contributed by atoms with Crippen LogP contribution in [0.3, 0.4) is 0 Å². The minimum absolute atomic E-state index is 0.0569. The van der Waals surface area contributed by atoms with Crippen LogP contribution in [0.5, 0.6) is 0 Å². The molecule has 2 bridgehead atoms. The lowest BCUT2D eigenvalue weighted by Gasteiger charge is -2.49. The lowest BCUT2D eigenvalue weighted by Crippen LogP contribution is -2.58. The molecule has 3 fully saturated rings. The summed E-state index contributed by atoms with van der Waals surface area (Å²) in [6, 6.07) is 10.5. The van der Waals surface area contributed by atoms with Gasteiger partial charge in [0.05, 0.1) is 0 Å². The van der Waals surface area contributed by atoms with Crippen molar-refractivity contribution in [2.24, 2.45) is 0 Å². The van der Waals surface area contributed by atoms with E-state index < -0.39 is 0 Å². The normalized spacial score (nSPS) is 30.7. The molecular formula is C19H27N3O. The first kappa shape index (κ1) is 15.0. The smallest absolute Gasteiger partial charge is 0.319 e. The predicted molar refractivity (Wildman–Crippen MR) is 92.6 cm³/mol. The van der Waals surface area contributed by atoms with Crippen molar-refractivity contribution in [2.45, 2.75) is 76.0 Å². The Morgan fingerprint density at radius 2 is 1.83 bits per heavy atom. The van der Waals surface area contributed by atoms with E-state index in [0.29, 0.717) is 18.1 Å². The lowest BCUT2D eigenvalue weighted by molar-refractivity contribution is 0.0198. The fraction of sp³-hybridized carbons (Fsp3) is 0.632. The summed E-state index contributed by atoms with van der Waals surface area (Å²) in [5.41, 5.74) is 2.04. The van der Waals surface area contributed by atoms with Gasteiger partial charge in [-0.1, -0.05) is 18.6 Å². The molecule has 2 N–H and O–H groups in total. The van der Waals surface area contributed by atoms with Gasteiger partial charge in [0, 0.05) is 29.9 Å². The third-order valence-corrected chi connectivity index (χ3v) is 5.61. The molecule has 1 aliphatic carbocycles. The SMILES string of the molecule is Cc1cccc(NC(=O)NC2C[C@H]3CCC[C@H](C2)N3C2CC2)c1. The van der Waals surface area contributed by atoms with Crippen LogP contribution in [0.1, 0.15) is 50.5 Å². The Balaban J connectivity index is 1.35. The van der Waals surface area contributed by atoms with Gasteiger partial charge in [-0.2, -0.15) is 0 Å². The van der Waals surface area contributed by atoms with E-state index in [1.807, 2.05) is 31.2 Å². The Morgan fingerprint density at radius 1 is 1.09 bits per heavy atom. The third kappa shape index (κ3) is 3.37. The first-order valence-electron chi connectivity index (χ1n) is 9.10. The predicted octanol–water partition coefficient (Wildman–Crippen LogP) is 3.66. The number of benzene rings is 1. The van der Waals surface area contributed by atoms with E-state index in [1.54, 1.807) is 0 Å². The molecule has 23 heavy (non-hydrogen) atoms. The van der Waals surface area contributed by atoms with Gasteiger partial charge < -0.3 is 10.6 Å². The van der Waals surface area contributed by atoms with Crippen molar-refractivity contribution in [3.63, 3.8) is 0 Å². The van der Waals surface area contributed by atoms with Crippen molar-refractivity contribution in [1.82, 2.24) is 10.2 Å². The Labute approximate surface area is 138 Å². The summed E-state index contributed by atoms with van der Waals surface area (Å²) in [6.45, 7) is 2.04. The van der Waals surface area contributed by atoms with Crippen molar-refractivity contribution >= 4 is 11.7 Å². The average Bonchev–Trinajstić information content (AvgIpc) is 3.30. The van der Waals surface area contributed by atoms with Crippen LogP contribution in [-0.2, 0) is 0 Å². The average molecular weight is 313 g/mol. The number of fused-ring (bicyclic) bond motifs is 2. The van der Waals surface area contributed by atoms with E-state index in [4.69, 9.17) is 0 Å². The van der Waals surface area contributed by atoms with Gasteiger partial charge in [-0.3, -0.25) is 4.90 Å². The number of nitrogens with zero attached hydrogens (tertiary/aromatic N) is 1. The molecule has 0 aromatic heterocycles. The fourth-order valence-corrected chi connectivity index (χ4v) is 4.58. The highest BCUT2D eigenvalue weighted by atomic mass is 16.2. The summed E-state index contributed by atoms with van der Waals surface area (Å²) in [4.78, 5) is 15.1.